The topological polar surface area (TPSA) is 74.3 Å². The molecule has 0 amide bonds. The number of ether oxygens (including phenoxy) is 1. The van der Waals surface area contributed by atoms with Crippen molar-refractivity contribution in [3.63, 3.8) is 0 Å². The predicted molar refractivity (Wildman–Crippen MR) is 169 cm³/mol. The van der Waals surface area contributed by atoms with Crippen molar-refractivity contribution >= 4 is 11.6 Å². The van der Waals surface area contributed by atoms with Crippen molar-refractivity contribution in [1.82, 2.24) is 9.78 Å². The fourth-order valence-corrected chi connectivity index (χ4v) is 7.49. The summed E-state index contributed by atoms with van der Waals surface area (Å²) >= 11 is 0. The summed E-state index contributed by atoms with van der Waals surface area (Å²) in [6, 6.07) is 9.51. The second-order valence-corrected chi connectivity index (χ2v) is 13.2. The van der Waals surface area contributed by atoms with Crippen LogP contribution in [0.1, 0.15) is 115 Å². The van der Waals surface area contributed by atoms with Gasteiger partial charge in [-0.1, -0.05) is 56.2 Å². The number of Topliss-reactive ketones (excluding diaryl/α,β-unsaturated/α-hetero) is 2. The average molecular weight is 619 g/mol. The number of ketones is 2. The van der Waals surface area contributed by atoms with E-state index in [1.165, 1.54) is 0 Å². The third-order valence-electron chi connectivity index (χ3n) is 10.0. The van der Waals surface area contributed by atoms with E-state index in [0.717, 1.165) is 82.1 Å². The molecule has 0 radical (unpaired) electrons. The number of aromatic nitrogens is 2. The van der Waals surface area contributed by atoms with Crippen molar-refractivity contribution < 1.29 is 27.5 Å². The van der Waals surface area contributed by atoms with Gasteiger partial charge in [-0.15, -0.1) is 0 Å². The van der Waals surface area contributed by atoms with Gasteiger partial charge in [-0.2, -0.15) is 13.9 Å². The van der Waals surface area contributed by atoms with Crippen molar-refractivity contribution in [2.75, 3.05) is 6.61 Å². The van der Waals surface area contributed by atoms with Crippen LogP contribution in [0.15, 0.2) is 53.6 Å². The van der Waals surface area contributed by atoms with Gasteiger partial charge in [0, 0.05) is 44.2 Å². The first kappa shape index (κ1) is 31.6. The molecule has 2 fully saturated rings. The molecule has 0 N–H and O–H groups in total. The van der Waals surface area contributed by atoms with Crippen molar-refractivity contribution in [2.24, 2.45) is 11.8 Å². The lowest BCUT2D eigenvalue weighted by molar-refractivity contribution is 0.0498. The molecular formula is C37H44F2N2O4. The van der Waals surface area contributed by atoms with Gasteiger partial charge < -0.3 is 9.15 Å². The minimum absolute atomic E-state index is 0.136. The molecule has 1 saturated carbocycles. The van der Waals surface area contributed by atoms with E-state index in [4.69, 9.17) is 14.3 Å². The van der Waals surface area contributed by atoms with Crippen LogP contribution in [0.5, 0.6) is 0 Å². The largest absolute Gasteiger partial charge is 0.457 e. The summed E-state index contributed by atoms with van der Waals surface area (Å²) in [6.07, 6.45) is 14.2. The van der Waals surface area contributed by atoms with E-state index in [1.807, 2.05) is 41.2 Å². The lowest BCUT2D eigenvalue weighted by Gasteiger charge is -2.16. The van der Waals surface area contributed by atoms with E-state index in [-0.39, 0.29) is 35.2 Å². The first-order valence-corrected chi connectivity index (χ1v) is 16.8. The molecule has 240 valence electrons. The van der Waals surface area contributed by atoms with E-state index in [2.05, 4.69) is 6.58 Å². The van der Waals surface area contributed by atoms with Crippen LogP contribution >= 0.6 is 0 Å². The maximum Gasteiger partial charge on any atom is 0.295 e. The number of fused-ring (bicyclic) bond motifs is 3. The summed E-state index contributed by atoms with van der Waals surface area (Å²) in [6.45, 7) is 4.84. The minimum atomic E-state index is -3.42. The molecule has 2 aliphatic carbocycles. The number of hydrogen-bond acceptors (Lipinski definition) is 5. The normalized spacial score (nSPS) is 21.6. The number of carbonyl (C=O) groups is 2. The number of aryl methyl sites for hydroxylation is 2. The molecule has 3 aliphatic rings. The van der Waals surface area contributed by atoms with Gasteiger partial charge in [0.2, 0.25) is 0 Å². The molecule has 3 atom stereocenters. The molecule has 0 spiro atoms. The third kappa shape index (κ3) is 7.21. The molecule has 0 bridgehead atoms. The van der Waals surface area contributed by atoms with Crippen LogP contribution in [0.2, 0.25) is 0 Å². The van der Waals surface area contributed by atoms with Gasteiger partial charge >= 0.3 is 0 Å². The number of halogens is 2. The van der Waals surface area contributed by atoms with Crippen LogP contribution in [-0.4, -0.2) is 34.1 Å². The van der Waals surface area contributed by atoms with Crippen LogP contribution in [0, 0.1) is 11.8 Å². The van der Waals surface area contributed by atoms with Crippen LogP contribution < -0.4 is 0 Å². The molecule has 45 heavy (non-hydrogen) atoms. The summed E-state index contributed by atoms with van der Waals surface area (Å²) < 4.78 is 44.4. The Hall–Kier alpha value is -3.39. The Morgan fingerprint density at radius 1 is 0.978 bits per heavy atom. The number of nitrogens with zero attached hydrogens (tertiary/aromatic N) is 2. The zero-order chi connectivity index (χ0) is 31.4. The number of benzene rings is 1. The van der Waals surface area contributed by atoms with E-state index in [0.29, 0.717) is 55.0 Å². The number of alkyl halides is 2. The molecule has 8 heteroatoms. The van der Waals surface area contributed by atoms with Gasteiger partial charge in [-0.05, 0) is 74.8 Å². The Morgan fingerprint density at radius 3 is 2.56 bits per heavy atom. The van der Waals surface area contributed by atoms with Gasteiger partial charge in [0.05, 0.1) is 22.9 Å². The summed E-state index contributed by atoms with van der Waals surface area (Å²) in [7, 11) is 0. The second kappa shape index (κ2) is 13.9. The highest BCUT2D eigenvalue weighted by molar-refractivity contribution is 5.98. The van der Waals surface area contributed by atoms with E-state index in [9.17, 15) is 9.59 Å². The number of allylic oxidation sites excluding steroid dienone is 1. The summed E-state index contributed by atoms with van der Waals surface area (Å²) in [5.74, 6) is -2.49. The summed E-state index contributed by atoms with van der Waals surface area (Å²) in [4.78, 5) is 25.9. The fourth-order valence-electron chi connectivity index (χ4n) is 7.49. The van der Waals surface area contributed by atoms with Gasteiger partial charge in [0.15, 0.2) is 17.3 Å². The molecule has 3 heterocycles. The highest BCUT2D eigenvalue weighted by Crippen LogP contribution is 2.46. The Labute approximate surface area is 264 Å². The van der Waals surface area contributed by atoms with Crippen molar-refractivity contribution in [2.45, 2.75) is 108 Å². The minimum Gasteiger partial charge on any atom is -0.457 e. The molecule has 2 aromatic heterocycles. The number of hydrogen-bond donors (Lipinski definition) is 0. The summed E-state index contributed by atoms with van der Waals surface area (Å²) in [5, 5.41) is 4.84. The van der Waals surface area contributed by atoms with E-state index in [1.54, 1.807) is 0 Å². The molecular weight excluding hydrogens is 574 g/mol. The van der Waals surface area contributed by atoms with Crippen LogP contribution in [-0.2, 0) is 30.0 Å². The van der Waals surface area contributed by atoms with Crippen molar-refractivity contribution in [3.8, 4) is 11.3 Å². The monoisotopic (exact) mass is 618 g/mol. The Bertz CT molecular complexity index is 1500. The number of carbonyl (C=O) groups excluding carboxylic acids is 2. The lowest BCUT2D eigenvalue weighted by Crippen LogP contribution is -2.16. The van der Waals surface area contributed by atoms with Crippen LogP contribution in [0.25, 0.3) is 11.3 Å². The smallest absolute Gasteiger partial charge is 0.295 e. The van der Waals surface area contributed by atoms with E-state index >= 15 is 8.78 Å². The molecule has 1 saturated heterocycles. The molecule has 6 rings (SSSR count). The van der Waals surface area contributed by atoms with E-state index < -0.39 is 11.7 Å². The quantitative estimate of drug-likeness (QED) is 0.109. The Morgan fingerprint density at radius 2 is 1.78 bits per heavy atom. The summed E-state index contributed by atoms with van der Waals surface area (Å²) in [5.41, 5.74) is 2.08. The predicted octanol–water partition coefficient (Wildman–Crippen LogP) is 8.91. The highest BCUT2D eigenvalue weighted by Gasteiger charge is 2.43. The third-order valence-corrected chi connectivity index (χ3v) is 10.0. The Balaban J connectivity index is 1.13. The zero-order valence-electron chi connectivity index (χ0n) is 26.1. The number of furan rings is 1. The standard InChI is InChI=1S/C37H44F2N2O4/c1-2-37(38,39)34-33-32(45-36(34)31(43)15-7-13-29-14-8-22-44-29)21-19-28-24-41(40-35(28)33)23-26-10-6-9-25(16-17-26)18-20-30(42)27-11-4-3-5-12-27/h2-5,11-12,24-26,29H,1,6-10,13-23H2/t25?,26?,29-/m1/s1. The Kier molecular flexibility index (Phi) is 9.78. The van der Waals surface area contributed by atoms with Gasteiger partial charge in [-0.3, -0.25) is 14.3 Å². The average Bonchev–Trinajstić information content (AvgIpc) is 3.77. The molecule has 2 unspecified atom stereocenters. The van der Waals surface area contributed by atoms with Crippen LogP contribution in [0.3, 0.4) is 0 Å². The molecule has 3 aromatic rings. The van der Waals surface area contributed by atoms with Gasteiger partial charge in [-0.25, -0.2) is 0 Å². The molecule has 6 nitrogen and oxygen atoms in total. The maximum atomic E-state index is 15.5. The van der Waals surface area contributed by atoms with Crippen molar-refractivity contribution in [3.05, 3.63) is 77.4 Å². The highest BCUT2D eigenvalue weighted by atomic mass is 19.3. The molecule has 1 aliphatic heterocycles. The zero-order valence-corrected chi connectivity index (χ0v) is 26.1. The van der Waals surface area contributed by atoms with Gasteiger partial charge in [0.1, 0.15) is 5.76 Å². The maximum absolute atomic E-state index is 15.5. The second-order valence-electron chi connectivity index (χ2n) is 13.2. The first-order valence-electron chi connectivity index (χ1n) is 16.8. The molecule has 1 aromatic carbocycles. The lowest BCUT2D eigenvalue weighted by atomic mass is 9.90. The number of rotatable bonds is 13. The van der Waals surface area contributed by atoms with Crippen LogP contribution in [0.4, 0.5) is 8.78 Å². The fraction of sp³-hybridized carbons (Fsp3) is 0.541. The van der Waals surface area contributed by atoms with Crippen molar-refractivity contribution in [1.29, 1.82) is 0 Å². The first-order chi connectivity index (χ1) is 21.8. The SMILES string of the molecule is C=CC(F)(F)c1c(C(=O)CCC[C@@H]2CCCO2)oc2c1-c1nn(CC3CCCC(CCC(=O)c4ccccc4)CC3)cc1CC2. The van der Waals surface area contributed by atoms with Gasteiger partial charge in [0.25, 0.3) is 5.92 Å².